The fourth-order valence-electron chi connectivity index (χ4n) is 0.898. The smallest absolute Gasteiger partial charge is 0.143 e. The second-order valence-corrected chi connectivity index (χ2v) is 3.25. The van der Waals surface area contributed by atoms with Gasteiger partial charge in [0.1, 0.15) is 11.6 Å². The Hall–Kier alpha value is -0.810. The fourth-order valence-corrected chi connectivity index (χ4v) is 1.28. The van der Waals surface area contributed by atoms with E-state index in [9.17, 15) is 0 Å². The molecule has 1 heterocycles. The summed E-state index contributed by atoms with van der Waals surface area (Å²) in [7, 11) is 0. The molecule has 0 bridgehead atoms. The molecule has 1 aromatic rings. The molecular weight excluding hydrogens is 172 g/mol. The van der Waals surface area contributed by atoms with Gasteiger partial charge in [-0.05, 0) is 13.2 Å². The maximum absolute atomic E-state index is 5.24. The van der Waals surface area contributed by atoms with Gasteiger partial charge >= 0.3 is 0 Å². The average Bonchev–Trinajstić information content (AvgIpc) is 2.04. The third-order valence-electron chi connectivity index (χ3n) is 1.32. The number of nitrogens with one attached hydrogen (secondary N) is 1. The Morgan fingerprint density at radius 1 is 1.58 bits per heavy atom. The quantitative estimate of drug-likeness (QED) is 0.540. The molecule has 0 amide bonds. The molecule has 0 fully saturated rings. The number of thioether (sulfide) groups is 1. The van der Waals surface area contributed by atoms with Crippen LogP contribution in [0, 0.1) is 6.92 Å². The summed E-state index contributed by atoms with van der Waals surface area (Å²) in [6.45, 7) is 1.92. The standard InChI is InChI=1S/C7H12N4S/c1-5-3-6(11-8)10-7(9-5)4-12-2/h3H,4,8H2,1-2H3,(H,9,10,11). The molecule has 0 saturated heterocycles. The van der Waals surface area contributed by atoms with E-state index in [2.05, 4.69) is 15.4 Å². The highest BCUT2D eigenvalue weighted by Gasteiger charge is 1.99. The number of nitrogen functional groups attached to an aromatic ring is 1. The van der Waals surface area contributed by atoms with Crippen LogP contribution in [0.5, 0.6) is 0 Å². The number of hydrogen-bond donors (Lipinski definition) is 2. The van der Waals surface area contributed by atoms with Crippen LogP contribution in [0.25, 0.3) is 0 Å². The van der Waals surface area contributed by atoms with E-state index in [4.69, 9.17) is 5.84 Å². The van der Waals surface area contributed by atoms with Crippen LogP contribution < -0.4 is 11.3 Å². The van der Waals surface area contributed by atoms with Gasteiger partial charge < -0.3 is 5.43 Å². The summed E-state index contributed by atoms with van der Waals surface area (Å²) in [6, 6.07) is 1.81. The number of nitrogens with zero attached hydrogens (tertiary/aromatic N) is 2. The molecule has 1 rings (SSSR count). The van der Waals surface area contributed by atoms with E-state index in [1.54, 1.807) is 11.8 Å². The Kier molecular flexibility index (Phi) is 3.31. The third kappa shape index (κ3) is 2.35. The van der Waals surface area contributed by atoms with Crippen LogP contribution in [-0.4, -0.2) is 16.2 Å². The molecule has 0 aliphatic heterocycles. The number of aryl methyl sites for hydroxylation is 1. The van der Waals surface area contributed by atoms with Crippen LogP contribution in [0.15, 0.2) is 6.07 Å². The van der Waals surface area contributed by atoms with Crippen molar-refractivity contribution in [2.75, 3.05) is 11.7 Å². The molecule has 0 aromatic carbocycles. The van der Waals surface area contributed by atoms with Crippen molar-refractivity contribution in [3.05, 3.63) is 17.6 Å². The number of aromatic nitrogens is 2. The lowest BCUT2D eigenvalue weighted by Crippen LogP contribution is -2.10. The van der Waals surface area contributed by atoms with Gasteiger partial charge in [-0.3, -0.25) is 0 Å². The van der Waals surface area contributed by atoms with E-state index in [1.807, 2.05) is 19.2 Å². The van der Waals surface area contributed by atoms with Crippen LogP contribution >= 0.6 is 11.8 Å². The largest absolute Gasteiger partial charge is 0.308 e. The molecule has 1 aromatic heterocycles. The Bertz CT molecular complexity index is 264. The minimum absolute atomic E-state index is 0.673. The molecule has 0 saturated carbocycles. The number of nitrogens with two attached hydrogens (primary N) is 1. The maximum Gasteiger partial charge on any atom is 0.143 e. The molecular formula is C7H12N4S. The first kappa shape index (κ1) is 9.28. The topological polar surface area (TPSA) is 63.8 Å². The molecule has 5 heteroatoms. The molecule has 0 atom stereocenters. The Morgan fingerprint density at radius 3 is 2.92 bits per heavy atom. The van der Waals surface area contributed by atoms with E-state index < -0.39 is 0 Å². The number of hydrazine groups is 1. The van der Waals surface area contributed by atoms with Gasteiger partial charge in [-0.2, -0.15) is 11.8 Å². The van der Waals surface area contributed by atoms with E-state index in [0.29, 0.717) is 5.82 Å². The van der Waals surface area contributed by atoms with Crippen molar-refractivity contribution >= 4 is 17.6 Å². The SMILES string of the molecule is CSCc1nc(C)cc(NN)n1. The number of rotatable bonds is 3. The minimum atomic E-state index is 0.673. The summed E-state index contributed by atoms with van der Waals surface area (Å²) in [4.78, 5) is 8.42. The molecule has 0 spiro atoms. The molecule has 66 valence electrons. The third-order valence-corrected chi connectivity index (χ3v) is 1.87. The second kappa shape index (κ2) is 4.27. The molecule has 0 aliphatic carbocycles. The van der Waals surface area contributed by atoms with Crippen molar-refractivity contribution in [2.24, 2.45) is 5.84 Å². The van der Waals surface area contributed by atoms with Gasteiger partial charge in [0, 0.05) is 11.8 Å². The molecule has 0 unspecified atom stereocenters. The summed E-state index contributed by atoms with van der Waals surface area (Å²) in [5.74, 6) is 7.54. The zero-order valence-electron chi connectivity index (χ0n) is 7.16. The normalized spacial score (nSPS) is 9.92. The van der Waals surface area contributed by atoms with E-state index in [1.165, 1.54) is 0 Å². The van der Waals surface area contributed by atoms with Gasteiger partial charge in [0.2, 0.25) is 0 Å². The van der Waals surface area contributed by atoms with Gasteiger partial charge in [-0.25, -0.2) is 15.8 Å². The lowest BCUT2D eigenvalue weighted by Gasteiger charge is -2.03. The summed E-state index contributed by atoms with van der Waals surface area (Å²) in [5.41, 5.74) is 3.44. The molecule has 4 nitrogen and oxygen atoms in total. The van der Waals surface area contributed by atoms with E-state index in [-0.39, 0.29) is 0 Å². The van der Waals surface area contributed by atoms with Crippen LogP contribution in [-0.2, 0) is 5.75 Å². The second-order valence-electron chi connectivity index (χ2n) is 2.39. The summed E-state index contributed by atoms with van der Waals surface area (Å²) < 4.78 is 0. The van der Waals surface area contributed by atoms with E-state index in [0.717, 1.165) is 17.3 Å². The van der Waals surface area contributed by atoms with Crippen molar-refractivity contribution < 1.29 is 0 Å². The summed E-state index contributed by atoms with van der Waals surface area (Å²) >= 11 is 1.69. The maximum atomic E-state index is 5.24. The highest BCUT2D eigenvalue weighted by Crippen LogP contribution is 2.08. The highest BCUT2D eigenvalue weighted by molar-refractivity contribution is 7.97. The molecule has 0 radical (unpaired) electrons. The fraction of sp³-hybridized carbons (Fsp3) is 0.429. The van der Waals surface area contributed by atoms with Crippen molar-refractivity contribution in [3.63, 3.8) is 0 Å². The van der Waals surface area contributed by atoms with Crippen molar-refractivity contribution in [3.8, 4) is 0 Å². The van der Waals surface area contributed by atoms with Crippen molar-refractivity contribution in [1.29, 1.82) is 0 Å². The molecule has 3 N–H and O–H groups in total. The summed E-state index contributed by atoms with van der Waals surface area (Å²) in [5, 5.41) is 0. The Balaban J connectivity index is 2.90. The zero-order chi connectivity index (χ0) is 8.97. The highest BCUT2D eigenvalue weighted by atomic mass is 32.2. The predicted octanol–water partition coefficient (Wildman–Crippen LogP) is 0.934. The van der Waals surface area contributed by atoms with Crippen LogP contribution in [0.1, 0.15) is 11.5 Å². The zero-order valence-corrected chi connectivity index (χ0v) is 7.98. The number of anilines is 1. The summed E-state index contributed by atoms with van der Waals surface area (Å²) in [6.07, 6.45) is 2.02. The van der Waals surface area contributed by atoms with Crippen LogP contribution in [0.3, 0.4) is 0 Å². The van der Waals surface area contributed by atoms with E-state index >= 15 is 0 Å². The predicted molar refractivity (Wildman–Crippen MR) is 51.8 cm³/mol. The van der Waals surface area contributed by atoms with Crippen LogP contribution in [0.2, 0.25) is 0 Å². The average molecular weight is 184 g/mol. The van der Waals surface area contributed by atoms with Gasteiger partial charge in [0.05, 0.1) is 5.75 Å². The van der Waals surface area contributed by atoms with Gasteiger partial charge in [-0.1, -0.05) is 0 Å². The van der Waals surface area contributed by atoms with Gasteiger partial charge in [-0.15, -0.1) is 0 Å². The Morgan fingerprint density at radius 2 is 2.33 bits per heavy atom. The first-order chi connectivity index (χ1) is 5.76. The van der Waals surface area contributed by atoms with Gasteiger partial charge in [0.15, 0.2) is 0 Å². The minimum Gasteiger partial charge on any atom is -0.308 e. The number of hydrogen-bond acceptors (Lipinski definition) is 5. The lowest BCUT2D eigenvalue weighted by molar-refractivity contribution is 0.992. The van der Waals surface area contributed by atoms with Gasteiger partial charge in [0.25, 0.3) is 0 Å². The lowest BCUT2D eigenvalue weighted by atomic mass is 10.4. The van der Waals surface area contributed by atoms with Crippen molar-refractivity contribution in [2.45, 2.75) is 12.7 Å². The van der Waals surface area contributed by atoms with Crippen LogP contribution in [0.4, 0.5) is 5.82 Å². The first-order valence-electron chi connectivity index (χ1n) is 3.56. The Labute approximate surface area is 75.9 Å². The molecule has 12 heavy (non-hydrogen) atoms. The first-order valence-corrected chi connectivity index (χ1v) is 4.95. The monoisotopic (exact) mass is 184 g/mol. The van der Waals surface area contributed by atoms with Crippen molar-refractivity contribution in [1.82, 2.24) is 9.97 Å². The molecule has 0 aliphatic rings.